The molecule has 5 nitrogen and oxygen atoms in total. The minimum absolute atomic E-state index is 0.163. The maximum atomic E-state index is 12.2. The lowest BCUT2D eigenvalue weighted by atomic mass is 9.89. The number of hydrogen-bond acceptors (Lipinski definition) is 4. The summed E-state index contributed by atoms with van der Waals surface area (Å²) in [4.78, 5) is 18.7. The number of pyridine rings is 1. The van der Waals surface area contributed by atoms with Gasteiger partial charge in [0.05, 0.1) is 6.10 Å². The van der Waals surface area contributed by atoms with Crippen LogP contribution in [-0.2, 0) is 0 Å². The summed E-state index contributed by atoms with van der Waals surface area (Å²) in [6.07, 6.45) is 5.98. The van der Waals surface area contributed by atoms with Gasteiger partial charge in [-0.25, -0.2) is 4.98 Å². The summed E-state index contributed by atoms with van der Waals surface area (Å²) < 4.78 is 0. The van der Waals surface area contributed by atoms with Crippen molar-refractivity contribution in [3.63, 3.8) is 0 Å². The lowest BCUT2D eigenvalue weighted by molar-refractivity contribution is 0.00726. The molecule has 1 aliphatic carbocycles. The van der Waals surface area contributed by atoms with Gasteiger partial charge in [-0.15, -0.1) is 0 Å². The van der Waals surface area contributed by atoms with Crippen molar-refractivity contribution in [3.05, 3.63) is 29.0 Å². The van der Waals surface area contributed by atoms with Crippen LogP contribution in [0.2, 0.25) is 5.15 Å². The number of nitrogens with one attached hydrogen (secondary N) is 1. The third-order valence-corrected chi connectivity index (χ3v) is 5.19. The topological polar surface area (TPSA) is 65.5 Å². The summed E-state index contributed by atoms with van der Waals surface area (Å²) in [5.41, 5.74) is 0.364. The highest BCUT2D eigenvalue weighted by Crippen LogP contribution is 2.26. The third kappa shape index (κ3) is 4.22. The molecule has 2 unspecified atom stereocenters. The normalized spacial score (nSPS) is 26.9. The molecule has 1 saturated heterocycles. The molecule has 1 saturated carbocycles. The fourth-order valence-electron chi connectivity index (χ4n) is 3.69. The van der Waals surface area contributed by atoms with Crippen LogP contribution >= 0.6 is 11.6 Å². The fraction of sp³-hybridized carbons (Fsp3) is 0.647. The molecule has 2 aliphatic rings. The van der Waals surface area contributed by atoms with Crippen LogP contribution in [0.4, 0.5) is 0 Å². The summed E-state index contributed by atoms with van der Waals surface area (Å²) in [5.74, 6) is -0.163. The number of halogens is 1. The summed E-state index contributed by atoms with van der Waals surface area (Å²) >= 11 is 5.83. The second kappa shape index (κ2) is 7.60. The minimum Gasteiger partial charge on any atom is -0.391 e. The molecule has 0 aromatic carbocycles. The molecule has 0 bridgehead atoms. The van der Waals surface area contributed by atoms with Crippen molar-refractivity contribution in [2.24, 2.45) is 0 Å². The van der Waals surface area contributed by atoms with Crippen molar-refractivity contribution in [1.82, 2.24) is 15.2 Å². The van der Waals surface area contributed by atoms with E-state index in [1.54, 1.807) is 18.2 Å². The summed E-state index contributed by atoms with van der Waals surface area (Å²) in [7, 11) is 0. The first-order valence-electron chi connectivity index (χ1n) is 8.49. The molecule has 0 spiro atoms. The minimum atomic E-state index is -0.189. The van der Waals surface area contributed by atoms with Crippen LogP contribution in [0.5, 0.6) is 0 Å². The zero-order chi connectivity index (χ0) is 16.2. The van der Waals surface area contributed by atoms with Crippen LogP contribution in [0.3, 0.4) is 0 Å². The molecule has 6 heteroatoms. The van der Waals surface area contributed by atoms with E-state index in [-0.39, 0.29) is 18.1 Å². The van der Waals surface area contributed by atoms with E-state index < -0.39 is 0 Å². The van der Waals surface area contributed by atoms with Crippen LogP contribution in [0, 0.1) is 0 Å². The molecule has 126 valence electrons. The molecule has 0 radical (unpaired) electrons. The monoisotopic (exact) mass is 337 g/mol. The number of carbonyl (C=O) groups is 1. The second-order valence-electron chi connectivity index (χ2n) is 6.55. The number of rotatable bonds is 3. The number of nitrogens with zero attached hydrogens (tertiary/aromatic N) is 2. The van der Waals surface area contributed by atoms with E-state index in [0.717, 1.165) is 45.2 Å². The second-order valence-corrected chi connectivity index (χ2v) is 6.94. The number of aromatic nitrogens is 1. The first-order chi connectivity index (χ1) is 11.1. The lowest BCUT2D eigenvalue weighted by Crippen LogP contribution is -2.52. The Balaban J connectivity index is 1.50. The highest BCUT2D eigenvalue weighted by atomic mass is 35.5. The summed E-state index contributed by atoms with van der Waals surface area (Å²) in [6.45, 7) is 1.85. The van der Waals surface area contributed by atoms with E-state index >= 15 is 0 Å². The van der Waals surface area contributed by atoms with Crippen molar-refractivity contribution in [1.29, 1.82) is 0 Å². The van der Waals surface area contributed by atoms with Crippen LogP contribution in [-0.4, -0.2) is 52.2 Å². The maximum Gasteiger partial charge on any atom is 0.270 e. The molecular weight excluding hydrogens is 314 g/mol. The molecule has 2 N–H and O–H groups in total. The summed E-state index contributed by atoms with van der Waals surface area (Å²) in [6, 6.07) is 5.54. The Kier molecular flexibility index (Phi) is 5.51. The number of aliphatic hydroxyl groups is 1. The lowest BCUT2D eigenvalue weighted by Gasteiger charge is -2.41. The van der Waals surface area contributed by atoms with Gasteiger partial charge in [0, 0.05) is 25.2 Å². The predicted octanol–water partition coefficient (Wildman–Crippen LogP) is 2.23. The Morgan fingerprint density at radius 3 is 2.65 bits per heavy atom. The largest absolute Gasteiger partial charge is 0.391 e. The van der Waals surface area contributed by atoms with Gasteiger partial charge in [-0.3, -0.25) is 9.69 Å². The number of aliphatic hydroxyl groups excluding tert-OH is 1. The van der Waals surface area contributed by atoms with Gasteiger partial charge in [-0.1, -0.05) is 30.5 Å². The van der Waals surface area contributed by atoms with Gasteiger partial charge in [-0.05, 0) is 37.8 Å². The van der Waals surface area contributed by atoms with Gasteiger partial charge in [-0.2, -0.15) is 0 Å². The quantitative estimate of drug-likeness (QED) is 0.830. The van der Waals surface area contributed by atoms with Crippen molar-refractivity contribution in [3.8, 4) is 0 Å². The number of hydrogen-bond donors (Lipinski definition) is 2. The van der Waals surface area contributed by atoms with E-state index in [2.05, 4.69) is 15.2 Å². The SMILES string of the molecule is O=C(NC1CCN(C2CCCCC2O)CC1)c1cccc(Cl)n1. The predicted molar refractivity (Wildman–Crippen MR) is 89.6 cm³/mol. The van der Waals surface area contributed by atoms with Crippen molar-refractivity contribution < 1.29 is 9.90 Å². The average Bonchev–Trinajstić information content (AvgIpc) is 2.56. The third-order valence-electron chi connectivity index (χ3n) is 4.98. The van der Waals surface area contributed by atoms with Gasteiger partial charge in [0.25, 0.3) is 5.91 Å². The van der Waals surface area contributed by atoms with Crippen LogP contribution in [0.15, 0.2) is 18.2 Å². The van der Waals surface area contributed by atoms with Crippen molar-refractivity contribution in [2.45, 2.75) is 56.7 Å². The smallest absolute Gasteiger partial charge is 0.270 e. The zero-order valence-corrected chi connectivity index (χ0v) is 14.0. The van der Waals surface area contributed by atoms with Crippen molar-refractivity contribution >= 4 is 17.5 Å². The highest BCUT2D eigenvalue weighted by molar-refractivity contribution is 6.29. The highest BCUT2D eigenvalue weighted by Gasteiger charge is 2.31. The number of carbonyl (C=O) groups excluding carboxylic acids is 1. The number of amides is 1. The molecule has 1 aliphatic heterocycles. The zero-order valence-electron chi connectivity index (χ0n) is 13.2. The van der Waals surface area contributed by atoms with Crippen molar-refractivity contribution in [2.75, 3.05) is 13.1 Å². The summed E-state index contributed by atoms with van der Waals surface area (Å²) in [5, 5.41) is 13.6. The van der Waals surface area contributed by atoms with Gasteiger partial charge in [0.2, 0.25) is 0 Å². The molecule has 2 atom stereocenters. The molecular formula is C17H24ClN3O2. The molecule has 2 heterocycles. The van der Waals surface area contributed by atoms with E-state index in [9.17, 15) is 9.90 Å². The Morgan fingerprint density at radius 1 is 1.22 bits per heavy atom. The first kappa shape index (κ1) is 16.7. The van der Waals surface area contributed by atoms with E-state index in [4.69, 9.17) is 11.6 Å². The molecule has 23 heavy (non-hydrogen) atoms. The Bertz CT molecular complexity index is 546. The first-order valence-corrected chi connectivity index (χ1v) is 8.87. The molecule has 3 rings (SSSR count). The van der Waals surface area contributed by atoms with Gasteiger partial charge < -0.3 is 10.4 Å². The molecule has 2 fully saturated rings. The Hall–Kier alpha value is -1.17. The average molecular weight is 338 g/mol. The molecule has 1 amide bonds. The van der Waals surface area contributed by atoms with E-state index in [0.29, 0.717) is 16.9 Å². The number of piperidine rings is 1. The fourth-order valence-corrected chi connectivity index (χ4v) is 3.85. The van der Waals surface area contributed by atoms with E-state index in [1.807, 2.05) is 0 Å². The maximum absolute atomic E-state index is 12.2. The van der Waals surface area contributed by atoms with Crippen LogP contribution in [0.25, 0.3) is 0 Å². The number of likely N-dealkylation sites (tertiary alicyclic amines) is 1. The Labute approximate surface area is 142 Å². The van der Waals surface area contributed by atoms with E-state index in [1.165, 1.54) is 6.42 Å². The standard InChI is InChI=1S/C17H24ClN3O2/c18-16-7-3-4-13(20-16)17(23)19-12-8-10-21(11-9-12)14-5-1-2-6-15(14)22/h3-4,7,12,14-15,22H,1-2,5-6,8-11H2,(H,19,23). The molecule has 1 aromatic rings. The van der Waals surface area contributed by atoms with Crippen LogP contribution in [0.1, 0.15) is 49.0 Å². The van der Waals surface area contributed by atoms with Gasteiger partial charge >= 0.3 is 0 Å². The Morgan fingerprint density at radius 2 is 1.96 bits per heavy atom. The molecule has 1 aromatic heterocycles. The van der Waals surface area contributed by atoms with Gasteiger partial charge in [0.15, 0.2) is 0 Å². The van der Waals surface area contributed by atoms with Gasteiger partial charge in [0.1, 0.15) is 10.8 Å². The van der Waals surface area contributed by atoms with Crippen LogP contribution < -0.4 is 5.32 Å².